The lowest BCUT2D eigenvalue weighted by Gasteiger charge is -2.08. The van der Waals surface area contributed by atoms with Gasteiger partial charge in [-0.2, -0.15) is 0 Å². The van der Waals surface area contributed by atoms with Crippen LogP contribution in [0, 0.1) is 13.8 Å². The molecule has 0 aliphatic rings. The van der Waals surface area contributed by atoms with Gasteiger partial charge in [-0.25, -0.2) is 9.97 Å². The molecule has 0 aliphatic heterocycles. The molecule has 0 fully saturated rings. The fourth-order valence-electron chi connectivity index (χ4n) is 3.57. The lowest BCUT2D eigenvalue weighted by Crippen LogP contribution is -2.23. The van der Waals surface area contributed by atoms with Crippen molar-refractivity contribution >= 4 is 54.7 Å². The third-order valence-corrected chi connectivity index (χ3v) is 7.65. The van der Waals surface area contributed by atoms with Crippen molar-refractivity contribution in [3.8, 4) is 10.6 Å². The summed E-state index contributed by atoms with van der Waals surface area (Å²) in [5, 5.41) is 4.50. The van der Waals surface area contributed by atoms with Gasteiger partial charge in [0, 0.05) is 29.1 Å². The van der Waals surface area contributed by atoms with Gasteiger partial charge in [0.2, 0.25) is 5.91 Å². The molecule has 0 aliphatic carbocycles. The lowest BCUT2D eigenvalue weighted by molar-refractivity contribution is -0.116. The second kappa shape index (κ2) is 8.29. The zero-order valence-electron chi connectivity index (χ0n) is 17.6. The van der Waals surface area contributed by atoms with E-state index in [1.807, 2.05) is 56.3 Å². The van der Waals surface area contributed by atoms with E-state index in [1.54, 1.807) is 11.3 Å². The van der Waals surface area contributed by atoms with Crippen LogP contribution in [0.25, 0.3) is 31.0 Å². The first-order valence-corrected chi connectivity index (χ1v) is 11.8. The van der Waals surface area contributed by atoms with Crippen molar-refractivity contribution in [2.75, 3.05) is 5.32 Å². The minimum Gasteiger partial charge on any atom is -0.326 e. The summed E-state index contributed by atoms with van der Waals surface area (Å²) in [4.78, 5) is 36.1. The highest BCUT2D eigenvalue weighted by molar-refractivity contribution is 7.21. The number of anilines is 1. The molecule has 1 N–H and O–H groups in total. The predicted octanol–water partition coefficient (Wildman–Crippen LogP) is 5.38. The first-order chi connectivity index (χ1) is 15.5. The molecule has 8 heteroatoms. The summed E-state index contributed by atoms with van der Waals surface area (Å²) >= 11 is 3.17. The molecular formula is C24H20N4O2S2. The Labute approximate surface area is 192 Å². The molecule has 32 heavy (non-hydrogen) atoms. The number of amides is 1. The number of hydrogen-bond acceptors (Lipinski definition) is 6. The largest absolute Gasteiger partial charge is 0.326 e. The number of carbonyl (C=O) groups excluding carboxylic acids is 1. The summed E-state index contributed by atoms with van der Waals surface area (Å²) in [6.07, 6.45) is 1.72. The van der Waals surface area contributed by atoms with Crippen LogP contribution in [0.4, 0.5) is 5.69 Å². The van der Waals surface area contributed by atoms with E-state index in [4.69, 9.17) is 0 Å². The number of benzene rings is 2. The van der Waals surface area contributed by atoms with Crippen molar-refractivity contribution in [2.45, 2.75) is 26.8 Å². The van der Waals surface area contributed by atoms with E-state index in [-0.39, 0.29) is 24.4 Å². The molecule has 0 atom stereocenters. The molecule has 5 aromatic rings. The quantitative estimate of drug-likeness (QED) is 0.382. The second-order valence-corrected chi connectivity index (χ2v) is 9.80. The Morgan fingerprint density at radius 1 is 1.06 bits per heavy atom. The van der Waals surface area contributed by atoms with Crippen LogP contribution in [0.15, 0.2) is 59.7 Å². The number of carbonyl (C=O) groups is 1. The van der Waals surface area contributed by atoms with Gasteiger partial charge in [-0.15, -0.1) is 22.7 Å². The Bertz CT molecular complexity index is 1480. The highest BCUT2D eigenvalue weighted by atomic mass is 32.1. The van der Waals surface area contributed by atoms with E-state index in [0.717, 1.165) is 36.1 Å². The molecule has 160 valence electrons. The maximum atomic E-state index is 12.8. The molecule has 1 amide bonds. The summed E-state index contributed by atoms with van der Waals surface area (Å²) in [6.45, 7) is 4.21. The van der Waals surface area contributed by atoms with Crippen LogP contribution < -0.4 is 10.9 Å². The van der Waals surface area contributed by atoms with Gasteiger partial charge >= 0.3 is 0 Å². The summed E-state index contributed by atoms with van der Waals surface area (Å²) < 4.78 is 2.66. The molecule has 6 nitrogen and oxygen atoms in total. The molecule has 0 saturated heterocycles. The normalized spacial score (nSPS) is 11.3. The minimum atomic E-state index is -0.150. The highest BCUT2D eigenvalue weighted by Crippen LogP contribution is 2.30. The smallest absolute Gasteiger partial charge is 0.262 e. The minimum absolute atomic E-state index is 0.0927. The zero-order chi connectivity index (χ0) is 22.2. The number of nitrogens with zero attached hydrogens (tertiary/aromatic N) is 3. The van der Waals surface area contributed by atoms with Gasteiger partial charge in [0.25, 0.3) is 5.56 Å². The van der Waals surface area contributed by atoms with Crippen LogP contribution in [0.2, 0.25) is 0 Å². The van der Waals surface area contributed by atoms with Crippen molar-refractivity contribution in [2.24, 2.45) is 0 Å². The number of thiophene rings is 1. The Balaban J connectivity index is 1.25. The standard InChI is InChI=1S/C24H20N4O2S2/c1-14-15(2)31-23-21(14)24(30)28(13-25-23)12-11-20(29)26-17-9-7-16(8-10-17)22-27-18-5-3-4-6-19(18)32-22/h3-10,13H,11-12H2,1-2H3,(H,26,29). The van der Waals surface area contributed by atoms with Crippen molar-refractivity contribution in [3.05, 3.63) is 75.7 Å². The summed E-state index contributed by atoms with van der Waals surface area (Å²) in [6, 6.07) is 15.7. The highest BCUT2D eigenvalue weighted by Gasteiger charge is 2.13. The molecule has 0 unspecified atom stereocenters. The van der Waals surface area contributed by atoms with Crippen LogP contribution in [0.3, 0.4) is 0 Å². The number of aromatic nitrogens is 3. The van der Waals surface area contributed by atoms with E-state index in [1.165, 1.54) is 22.2 Å². The first kappa shape index (κ1) is 20.5. The summed E-state index contributed by atoms with van der Waals surface area (Å²) in [7, 11) is 0. The van der Waals surface area contributed by atoms with E-state index in [9.17, 15) is 9.59 Å². The van der Waals surface area contributed by atoms with Crippen LogP contribution in [0.1, 0.15) is 16.9 Å². The van der Waals surface area contributed by atoms with Crippen molar-refractivity contribution in [1.29, 1.82) is 0 Å². The van der Waals surface area contributed by atoms with Crippen molar-refractivity contribution < 1.29 is 4.79 Å². The number of aryl methyl sites for hydroxylation is 3. The Morgan fingerprint density at radius 2 is 1.84 bits per heavy atom. The predicted molar refractivity (Wildman–Crippen MR) is 132 cm³/mol. The average molecular weight is 461 g/mol. The maximum Gasteiger partial charge on any atom is 0.262 e. The molecular weight excluding hydrogens is 440 g/mol. The molecule has 3 aromatic heterocycles. The first-order valence-electron chi connectivity index (χ1n) is 10.2. The van der Waals surface area contributed by atoms with Gasteiger partial charge in [-0.1, -0.05) is 12.1 Å². The van der Waals surface area contributed by atoms with E-state index in [0.29, 0.717) is 11.1 Å². The van der Waals surface area contributed by atoms with Gasteiger partial charge in [-0.05, 0) is 55.8 Å². The number of thiazole rings is 1. The van der Waals surface area contributed by atoms with Gasteiger partial charge < -0.3 is 5.32 Å². The SMILES string of the molecule is Cc1sc2ncn(CCC(=O)Nc3ccc(-c4nc5ccccc5s4)cc3)c(=O)c2c1C. The zero-order valence-corrected chi connectivity index (χ0v) is 19.2. The van der Waals surface area contributed by atoms with Crippen LogP contribution in [0.5, 0.6) is 0 Å². The van der Waals surface area contributed by atoms with Gasteiger partial charge in [0.1, 0.15) is 9.84 Å². The van der Waals surface area contributed by atoms with Crippen molar-refractivity contribution in [1.82, 2.24) is 14.5 Å². The van der Waals surface area contributed by atoms with Crippen LogP contribution in [-0.2, 0) is 11.3 Å². The van der Waals surface area contributed by atoms with Gasteiger partial charge in [0.05, 0.1) is 21.9 Å². The second-order valence-electron chi connectivity index (χ2n) is 7.57. The number of nitrogens with one attached hydrogen (secondary N) is 1. The van der Waals surface area contributed by atoms with Crippen molar-refractivity contribution in [3.63, 3.8) is 0 Å². The Morgan fingerprint density at radius 3 is 2.62 bits per heavy atom. The molecule has 0 spiro atoms. The number of hydrogen-bond donors (Lipinski definition) is 1. The molecule has 0 saturated carbocycles. The number of fused-ring (bicyclic) bond motifs is 2. The Hall–Kier alpha value is -3.36. The summed E-state index contributed by atoms with van der Waals surface area (Å²) in [5.41, 5.74) is 3.58. The molecule has 5 rings (SSSR count). The van der Waals surface area contributed by atoms with Crippen LogP contribution in [-0.4, -0.2) is 20.4 Å². The molecule has 3 heterocycles. The third-order valence-electron chi connectivity index (χ3n) is 5.45. The fourth-order valence-corrected chi connectivity index (χ4v) is 5.53. The average Bonchev–Trinajstić information content (AvgIpc) is 3.35. The molecule has 0 radical (unpaired) electrons. The van der Waals surface area contributed by atoms with Gasteiger partial charge in [0.15, 0.2) is 0 Å². The van der Waals surface area contributed by atoms with E-state index >= 15 is 0 Å². The van der Waals surface area contributed by atoms with Crippen LogP contribution >= 0.6 is 22.7 Å². The van der Waals surface area contributed by atoms with E-state index in [2.05, 4.69) is 21.4 Å². The van der Waals surface area contributed by atoms with E-state index < -0.39 is 0 Å². The number of rotatable bonds is 5. The lowest BCUT2D eigenvalue weighted by atomic mass is 10.2. The third kappa shape index (κ3) is 3.83. The number of para-hydroxylation sites is 1. The Kier molecular flexibility index (Phi) is 5.32. The molecule has 0 bridgehead atoms. The topological polar surface area (TPSA) is 76.9 Å². The molecule has 2 aromatic carbocycles. The summed E-state index contributed by atoms with van der Waals surface area (Å²) in [5.74, 6) is -0.150. The fraction of sp³-hybridized carbons (Fsp3) is 0.167. The monoisotopic (exact) mass is 460 g/mol. The van der Waals surface area contributed by atoms with Gasteiger partial charge in [-0.3, -0.25) is 14.2 Å². The maximum absolute atomic E-state index is 12.8.